The number of halogens is 1. The van der Waals surface area contributed by atoms with Crippen molar-refractivity contribution in [2.75, 3.05) is 45.7 Å². The van der Waals surface area contributed by atoms with Gasteiger partial charge in [0.2, 0.25) is 0 Å². The number of rotatable bonds is 6. The van der Waals surface area contributed by atoms with E-state index < -0.39 is 6.10 Å². The Bertz CT molecular complexity index is 470. The Balaban J connectivity index is 2.74. The van der Waals surface area contributed by atoms with Crippen LogP contribution in [0.1, 0.15) is 6.92 Å². The number of hydrogen-bond acceptors (Lipinski definition) is 4. The molecule has 0 unspecified atom stereocenters. The summed E-state index contributed by atoms with van der Waals surface area (Å²) in [5.74, 6) is 0. The van der Waals surface area contributed by atoms with Crippen LogP contribution >= 0.6 is 11.6 Å². The van der Waals surface area contributed by atoms with Crippen LogP contribution in [0.4, 0.5) is 10.5 Å². The maximum absolute atomic E-state index is 12.5. The lowest BCUT2D eigenvalue weighted by Gasteiger charge is -2.29. The van der Waals surface area contributed by atoms with E-state index in [4.69, 9.17) is 11.6 Å². The van der Waals surface area contributed by atoms with Gasteiger partial charge in [0, 0.05) is 38.6 Å². The van der Waals surface area contributed by atoms with E-state index in [0.717, 1.165) is 0 Å². The molecular formula is C14H23ClN4O2. The number of likely N-dealkylation sites (N-methyl/N-ethyl adjacent to an activating group) is 2. The summed E-state index contributed by atoms with van der Waals surface area (Å²) in [6, 6.07) is 3.20. The molecule has 1 atom stereocenters. The van der Waals surface area contributed by atoms with E-state index in [1.165, 1.54) is 4.90 Å². The Morgan fingerprint density at radius 1 is 1.38 bits per heavy atom. The Hall–Kier alpha value is -1.37. The number of urea groups is 1. The number of aromatic nitrogens is 1. The van der Waals surface area contributed by atoms with Crippen LogP contribution in [-0.4, -0.2) is 72.8 Å². The minimum atomic E-state index is -0.589. The monoisotopic (exact) mass is 314 g/mol. The number of anilines is 1. The smallest absolute Gasteiger partial charge is 0.324 e. The predicted octanol–water partition coefficient (Wildman–Crippen LogP) is 1.54. The molecule has 21 heavy (non-hydrogen) atoms. The number of carbonyl (C=O) groups excluding carboxylic acids is 1. The number of aliphatic hydroxyl groups is 1. The Morgan fingerprint density at radius 3 is 2.57 bits per heavy atom. The maximum atomic E-state index is 12.5. The first-order valence-corrected chi connectivity index (χ1v) is 7.20. The van der Waals surface area contributed by atoms with Crippen molar-refractivity contribution < 1.29 is 9.90 Å². The number of nitrogens with zero attached hydrogens (tertiary/aromatic N) is 4. The maximum Gasteiger partial charge on any atom is 0.324 e. The lowest BCUT2D eigenvalue weighted by atomic mass is 10.3. The highest BCUT2D eigenvalue weighted by molar-refractivity contribution is 6.29. The second kappa shape index (κ2) is 8.17. The minimum absolute atomic E-state index is 0.183. The normalized spacial score (nSPS) is 12.3. The van der Waals surface area contributed by atoms with Gasteiger partial charge >= 0.3 is 6.03 Å². The average Bonchev–Trinajstić information content (AvgIpc) is 2.38. The number of carbonyl (C=O) groups is 1. The summed E-state index contributed by atoms with van der Waals surface area (Å²) < 4.78 is 0. The molecule has 118 valence electrons. The van der Waals surface area contributed by atoms with Gasteiger partial charge in [-0.3, -0.25) is 4.90 Å². The van der Waals surface area contributed by atoms with Crippen LogP contribution in [0.2, 0.25) is 5.15 Å². The van der Waals surface area contributed by atoms with Crippen LogP contribution in [0.3, 0.4) is 0 Å². The summed E-state index contributed by atoms with van der Waals surface area (Å²) in [6.07, 6.45) is 0.975. The van der Waals surface area contributed by atoms with Gasteiger partial charge in [-0.25, -0.2) is 9.78 Å². The highest BCUT2D eigenvalue weighted by Crippen LogP contribution is 2.18. The Kier molecular flexibility index (Phi) is 6.87. The Morgan fingerprint density at radius 2 is 2.05 bits per heavy atom. The van der Waals surface area contributed by atoms with Crippen molar-refractivity contribution >= 4 is 23.3 Å². The highest BCUT2D eigenvalue weighted by Gasteiger charge is 2.20. The first-order chi connectivity index (χ1) is 9.85. The van der Waals surface area contributed by atoms with Crippen LogP contribution in [0.5, 0.6) is 0 Å². The third-order valence-electron chi connectivity index (χ3n) is 2.96. The van der Waals surface area contributed by atoms with Crippen LogP contribution in [0.25, 0.3) is 0 Å². The third-order valence-corrected chi connectivity index (χ3v) is 3.16. The molecule has 1 heterocycles. The van der Waals surface area contributed by atoms with E-state index >= 15 is 0 Å². The number of aliphatic hydroxyl groups excluding tert-OH is 1. The molecule has 0 fully saturated rings. The molecule has 0 aliphatic rings. The van der Waals surface area contributed by atoms with Gasteiger partial charge in [0.25, 0.3) is 0 Å². The summed E-state index contributed by atoms with van der Waals surface area (Å²) in [5, 5.41) is 10.3. The molecule has 0 aliphatic heterocycles. The molecule has 6 nitrogen and oxygen atoms in total. The molecule has 1 N–H and O–H groups in total. The van der Waals surface area contributed by atoms with Crippen LogP contribution < -0.4 is 4.90 Å². The second-order valence-electron chi connectivity index (χ2n) is 5.16. The van der Waals surface area contributed by atoms with Crippen molar-refractivity contribution in [1.82, 2.24) is 14.8 Å². The summed E-state index contributed by atoms with van der Waals surface area (Å²) in [6.45, 7) is 3.17. The van der Waals surface area contributed by atoms with Gasteiger partial charge in [0.1, 0.15) is 5.15 Å². The van der Waals surface area contributed by atoms with E-state index in [-0.39, 0.29) is 12.6 Å². The van der Waals surface area contributed by atoms with Gasteiger partial charge in [-0.2, -0.15) is 0 Å². The lowest BCUT2D eigenvalue weighted by Crippen LogP contribution is -2.46. The van der Waals surface area contributed by atoms with Gasteiger partial charge < -0.3 is 14.9 Å². The molecular weight excluding hydrogens is 292 g/mol. The van der Waals surface area contributed by atoms with E-state index in [1.807, 2.05) is 25.9 Å². The molecule has 0 aromatic carbocycles. The molecule has 2 amide bonds. The summed E-state index contributed by atoms with van der Waals surface area (Å²) in [5.41, 5.74) is 0.691. The quantitative estimate of drug-likeness (QED) is 0.809. The molecule has 1 rings (SSSR count). The first kappa shape index (κ1) is 17.7. The zero-order valence-electron chi connectivity index (χ0n) is 13.0. The lowest BCUT2D eigenvalue weighted by molar-refractivity contribution is 0.107. The van der Waals surface area contributed by atoms with Crippen molar-refractivity contribution in [2.45, 2.75) is 13.0 Å². The standard InChI is InChI=1S/C14H23ClN4O2/c1-5-19(11-6-7-16-13(15)8-11)14(21)18(4)10-12(20)9-17(2)3/h6-8,12,20H,5,9-10H2,1-4H3/t12-/m0/s1. The van der Waals surface area contributed by atoms with Crippen molar-refractivity contribution in [3.8, 4) is 0 Å². The zero-order chi connectivity index (χ0) is 16.0. The Labute approximate surface area is 130 Å². The molecule has 0 bridgehead atoms. The molecule has 0 aliphatic carbocycles. The topological polar surface area (TPSA) is 59.9 Å². The molecule has 0 spiro atoms. The van der Waals surface area contributed by atoms with Crippen LogP contribution in [-0.2, 0) is 0 Å². The number of pyridine rings is 1. The van der Waals surface area contributed by atoms with Gasteiger partial charge in [0.15, 0.2) is 0 Å². The fourth-order valence-electron chi connectivity index (χ4n) is 2.07. The summed E-state index contributed by atoms with van der Waals surface area (Å²) in [7, 11) is 5.43. The molecule has 0 saturated carbocycles. The number of hydrogen-bond donors (Lipinski definition) is 1. The van der Waals surface area contributed by atoms with E-state index in [9.17, 15) is 9.90 Å². The van der Waals surface area contributed by atoms with Crippen molar-refractivity contribution in [3.63, 3.8) is 0 Å². The minimum Gasteiger partial charge on any atom is -0.390 e. The summed E-state index contributed by atoms with van der Waals surface area (Å²) >= 11 is 5.86. The average molecular weight is 315 g/mol. The highest BCUT2D eigenvalue weighted by atomic mass is 35.5. The third kappa shape index (κ3) is 5.49. The van der Waals surface area contributed by atoms with Crippen LogP contribution in [0, 0.1) is 0 Å². The largest absolute Gasteiger partial charge is 0.390 e. The van der Waals surface area contributed by atoms with Gasteiger partial charge in [-0.15, -0.1) is 0 Å². The zero-order valence-corrected chi connectivity index (χ0v) is 13.7. The van der Waals surface area contributed by atoms with E-state index in [0.29, 0.717) is 23.9 Å². The van der Waals surface area contributed by atoms with E-state index in [2.05, 4.69) is 4.98 Å². The van der Waals surface area contributed by atoms with E-state index in [1.54, 1.807) is 30.3 Å². The van der Waals surface area contributed by atoms with Gasteiger partial charge in [-0.1, -0.05) is 11.6 Å². The fourth-order valence-corrected chi connectivity index (χ4v) is 2.24. The second-order valence-corrected chi connectivity index (χ2v) is 5.55. The SMILES string of the molecule is CCN(C(=O)N(C)C[C@@H](O)CN(C)C)c1ccnc(Cl)c1. The van der Waals surface area contributed by atoms with Crippen molar-refractivity contribution in [1.29, 1.82) is 0 Å². The van der Waals surface area contributed by atoms with Crippen molar-refractivity contribution in [3.05, 3.63) is 23.5 Å². The molecule has 1 aromatic rings. The predicted molar refractivity (Wildman–Crippen MR) is 84.9 cm³/mol. The van der Waals surface area contributed by atoms with Gasteiger partial charge in [0.05, 0.1) is 6.10 Å². The molecule has 0 radical (unpaired) electrons. The molecule has 0 saturated heterocycles. The summed E-state index contributed by atoms with van der Waals surface area (Å²) in [4.78, 5) is 21.4. The number of amides is 2. The van der Waals surface area contributed by atoms with Crippen molar-refractivity contribution in [2.24, 2.45) is 0 Å². The molecule has 7 heteroatoms. The van der Waals surface area contributed by atoms with Crippen LogP contribution in [0.15, 0.2) is 18.3 Å². The molecule has 1 aromatic heterocycles. The van der Waals surface area contributed by atoms with Gasteiger partial charge in [-0.05, 0) is 33.2 Å². The first-order valence-electron chi connectivity index (χ1n) is 6.82. The fraction of sp³-hybridized carbons (Fsp3) is 0.571.